The van der Waals surface area contributed by atoms with Gasteiger partial charge in [0.05, 0.1) is 0 Å². The van der Waals surface area contributed by atoms with Crippen LogP contribution in [-0.2, 0) is 0 Å². The first-order valence-electron chi connectivity index (χ1n) is 8.27. The molecule has 0 radical (unpaired) electrons. The number of benzene rings is 2. The van der Waals surface area contributed by atoms with Crippen molar-refractivity contribution in [2.75, 3.05) is 5.32 Å². The summed E-state index contributed by atoms with van der Waals surface area (Å²) in [6.07, 6.45) is 0.965. The van der Waals surface area contributed by atoms with Gasteiger partial charge in [0.25, 0.3) is 0 Å². The van der Waals surface area contributed by atoms with Crippen molar-refractivity contribution in [3.05, 3.63) is 88.7 Å². The molecule has 0 aliphatic heterocycles. The van der Waals surface area contributed by atoms with Crippen molar-refractivity contribution in [2.24, 2.45) is 0 Å². The largest absolute Gasteiger partial charge is 2.00 e. The smallest absolute Gasteiger partial charge is 0.477 e. The van der Waals surface area contributed by atoms with Crippen molar-refractivity contribution in [1.82, 2.24) is 0 Å². The summed E-state index contributed by atoms with van der Waals surface area (Å²) in [6.45, 7) is 16.4. The topological polar surface area (TPSA) is 34.3 Å². The number of aryl methyl sites for hydroxylation is 3. The standard InChI is InChI=1S/C20H24N2.C2H4.Sr/c1-6-14(3)17-9-7-8-10-18(17)20(21)22-19-15(4)11-13(2)12-16(19)5;1-2;/h7-12H,6H2,1-5H3,(H-,21,22);1-2H2;/q-2;;+2. The van der Waals surface area contributed by atoms with E-state index in [0.717, 1.165) is 34.4 Å². The third-order valence-electron chi connectivity index (χ3n) is 4.09. The fourth-order valence-electron chi connectivity index (χ4n) is 2.82. The normalized spacial score (nSPS) is 9.32. The number of nitrogens with one attached hydrogen (secondary N) is 1. The Morgan fingerprint density at radius 3 is 2.12 bits per heavy atom. The number of hydrogen-bond donors (Lipinski definition) is 1. The second-order valence-electron chi connectivity index (χ2n) is 5.93. The fourth-order valence-corrected chi connectivity index (χ4v) is 2.82. The van der Waals surface area contributed by atoms with Crippen LogP contribution in [0.15, 0.2) is 49.6 Å². The van der Waals surface area contributed by atoms with Gasteiger partial charge in [0.15, 0.2) is 0 Å². The molecule has 2 aromatic carbocycles. The molecule has 0 heterocycles. The molecule has 0 aliphatic carbocycles. The van der Waals surface area contributed by atoms with Crippen LogP contribution in [-0.4, -0.2) is 51.3 Å². The van der Waals surface area contributed by atoms with Gasteiger partial charge in [-0.1, -0.05) is 44.0 Å². The number of anilines is 1. The van der Waals surface area contributed by atoms with Crippen LogP contribution in [0.1, 0.15) is 48.1 Å². The summed E-state index contributed by atoms with van der Waals surface area (Å²) in [5.41, 5.74) is 6.43. The van der Waals surface area contributed by atoms with Crippen molar-refractivity contribution < 1.29 is 0 Å². The van der Waals surface area contributed by atoms with Gasteiger partial charge in [-0.2, -0.15) is 17.5 Å². The van der Waals surface area contributed by atoms with Gasteiger partial charge < -0.3 is 10.7 Å². The summed E-state index contributed by atoms with van der Waals surface area (Å²) in [5.74, 6) is 1.47. The van der Waals surface area contributed by atoms with Crippen molar-refractivity contribution in [3.8, 4) is 0 Å². The minimum absolute atomic E-state index is 0. The molecule has 0 aliphatic rings. The quantitative estimate of drug-likeness (QED) is 0.224. The third kappa shape index (κ3) is 6.34. The van der Waals surface area contributed by atoms with E-state index >= 15 is 0 Å². The van der Waals surface area contributed by atoms with E-state index in [0.29, 0.717) is 0 Å². The van der Waals surface area contributed by atoms with E-state index in [2.05, 4.69) is 71.3 Å². The summed E-state index contributed by atoms with van der Waals surface area (Å²) >= 11 is 0. The van der Waals surface area contributed by atoms with Crippen LogP contribution < -0.4 is 5.32 Å². The molecule has 128 valence electrons. The van der Waals surface area contributed by atoms with Gasteiger partial charge >= 0.3 is 45.5 Å². The molecular formula is C22H28N2Sr. The summed E-state index contributed by atoms with van der Waals surface area (Å²) in [6, 6.07) is 12.2. The third-order valence-corrected chi connectivity index (χ3v) is 4.09. The average molecular weight is 408 g/mol. The SMILES string of the molecule is C=C.CC[C-](C)c1ccccc1C(=[N-])Nc1c(C)cc(C)cc1C.[Sr+2]. The van der Waals surface area contributed by atoms with Gasteiger partial charge in [0, 0.05) is 0 Å². The molecule has 0 spiro atoms. The van der Waals surface area contributed by atoms with Gasteiger partial charge in [0.1, 0.15) is 0 Å². The second-order valence-corrected chi connectivity index (χ2v) is 5.93. The van der Waals surface area contributed by atoms with E-state index in [-0.39, 0.29) is 51.3 Å². The number of amidine groups is 1. The molecule has 2 nitrogen and oxygen atoms in total. The van der Waals surface area contributed by atoms with Crippen molar-refractivity contribution in [3.63, 3.8) is 0 Å². The molecule has 2 rings (SSSR count). The molecule has 0 atom stereocenters. The molecule has 1 N–H and O–H groups in total. The van der Waals surface area contributed by atoms with Gasteiger partial charge in [-0.15, -0.1) is 36.7 Å². The Balaban J connectivity index is 0.00000185. The second kappa shape index (κ2) is 11.6. The minimum atomic E-state index is 0. The van der Waals surface area contributed by atoms with Crippen LogP contribution in [0.2, 0.25) is 0 Å². The van der Waals surface area contributed by atoms with Gasteiger partial charge in [-0.3, -0.25) is 0 Å². The zero-order valence-corrected chi connectivity index (χ0v) is 19.7. The molecular weight excluding hydrogens is 380 g/mol. The molecule has 0 unspecified atom stereocenters. The Kier molecular flexibility index (Phi) is 11.1. The fraction of sp³-hybridized carbons (Fsp3) is 0.273. The maximum Gasteiger partial charge on any atom is 2.00 e. The Bertz CT molecular complexity index is 684. The summed E-state index contributed by atoms with van der Waals surface area (Å²) < 4.78 is 0. The molecule has 25 heavy (non-hydrogen) atoms. The number of rotatable bonds is 4. The van der Waals surface area contributed by atoms with E-state index in [1.165, 1.54) is 11.5 Å². The van der Waals surface area contributed by atoms with Crippen molar-refractivity contribution in [1.29, 1.82) is 0 Å². The summed E-state index contributed by atoms with van der Waals surface area (Å²) in [7, 11) is 0. The Labute approximate surface area is 190 Å². The Hall–Kier alpha value is -0.999. The molecule has 0 amide bonds. The van der Waals surface area contributed by atoms with Gasteiger partial charge in [0.2, 0.25) is 0 Å². The molecule has 0 bridgehead atoms. The molecule has 2 aromatic rings. The number of nitrogens with zero attached hydrogens (tertiary/aromatic N) is 1. The summed E-state index contributed by atoms with van der Waals surface area (Å²) in [5, 5.41) is 13.8. The van der Waals surface area contributed by atoms with Crippen molar-refractivity contribution in [2.45, 2.75) is 41.0 Å². The van der Waals surface area contributed by atoms with Crippen LogP contribution in [0, 0.1) is 26.7 Å². The zero-order chi connectivity index (χ0) is 18.3. The average Bonchev–Trinajstić information content (AvgIpc) is 2.59. The van der Waals surface area contributed by atoms with Crippen LogP contribution in [0.5, 0.6) is 0 Å². The zero-order valence-electron chi connectivity index (χ0n) is 16.2. The van der Waals surface area contributed by atoms with E-state index < -0.39 is 0 Å². The van der Waals surface area contributed by atoms with E-state index in [4.69, 9.17) is 0 Å². The first kappa shape index (κ1) is 24.0. The van der Waals surface area contributed by atoms with E-state index in [1.807, 2.05) is 18.2 Å². The van der Waals surface area contributed by atoms with E-state index in [9.17, 15) is 5.41 Å². The van der Waals surface area contributed by atoms with Crippen LogP contribution in [0.3, 0.4) is 0 Å². The Morgan fingerprint density at radius 2 is 1.60 bits per heavy atom. The molecule has 0 saturated carbocycles. The predicted octanol–water partition coefficient (Wildman–Crippen LogP) is 5.81. The predicted molar refractivity (Wildman–Crippen MR) is 114 cm³/mol. The van der Waals surface area contributed by atoms with E-state index in [1.54, 1.807) is 0 Å². The molecule has 0 saturated heterocycles. The maximum absolute atomic E-state index is 10.6. The van der Waals surface area contributed by atoms with Crippen molar-refractivity contribution >= 4 is 57.0 Å². The molecule has 0 fully saturated rings. The minimum Gasteiger partial charge on any atom is -0.477 e. The molecule has 3 heteroatoms. The van der Waals surface area contributed by atoms with Gasteiger partial charge in [-0.05, 0) is 37.6 Å². The Morgan fingerprint density at radius 1 is 1.08 bits per heavy atom. The van der Waals surface area contributed by atoms with Crippen LogP contribution >= 0.6 is 0 Å². The first-order valence-corrected chi connectivity index (χ1v) is 8.27. The summed E-state index contributed by atoms with van der Waals surface area (Å²) in [4.78, 5) is 0. The monoisotopic (exact) mass is 408 g/mol. The number of hydrogen-bond acceptors (Lipinski definition) is 0. The molecule has 0 aromatic heterocycles. The van der Waals surface area contributed by atoms with Crippen LogP contribution in [0.4, 0.5) is 5.69 Å². The van der Waals surface area contributed by atoms with Gasteiger partial charge in [-0.25, -0.2) is 0 Å². The van der Waals surface area contributed by atoms with Crippen LogP contribution in [0.25, 0.3) is 5.41 Å². The first-order chi connectivity index (χ1) is 11.4. The maximum atomic E-state index is 10.6.